The zero-order valence-electron chi connectivity index (χ0n) is 42.9. The Labute approximate surface area is 430 Å². The normalized spacial score (nSPS) is 17.5. The van der Waals surface area contributed by atoms with Crippen LogP contribution in [0.1, 0.15) is 117 Å². The average Bonchev–Trinajstić information content (AvgIpc) is 3.64. The van der Waals surface area contributed by atoms with Gasteiger partial charge in [-0.1, -0.05) is 58.0 Å². The molecule has 19 heteroatoms. The molecule has 0 radical (unpaired) electrons. The van der Waals surface area contributed by atoms with Gasteiger partial charge in [0, 0.05) is 66.8 Å². The predicted octanol–water partition coefficient (Wildman–Crippen LogP) is 8.68. The maximum Gasteiger partial charge on any atom is 0.419 e. The van der Waals surface area contributed by atoms with Gasteiger partial charge in [-0.25, -0.2) is 19.4 Å². The zero-order valence-corrected chi connectivity index (χ0v) is 45.3. The van der Waals surface area contributed by atoms with Crippen molar-refractivity contribution in [2.75, 3.05) is 20.1 Å². The minimum atomic E-state index is -1.14. The first-order valence-corrected chi connectivity index (χ1v) is 25.6. The number of halogens is 1. The molecule has 0 saturated heterocycles. The average molecular weight is 1060 g/mol. The van der Waals surface area contributed by atoms with E-state index in [1.807, 2.05) is 49.4 Å². The molecule has 5 N–H and O–H groups in total. The summed E-state index contributed by atoms with van der Waals surface area (Å²) in [5.74, 6) is -1.45. The van der Waals surface area contributed by atoms with Crippen LogP contribution in [0.3, 0.4) is 0 Å². The molecule has 17 nitrogen and oxygen atoms in total. The van der Waals surface area contributed by atoms with Crippen LogP contribution in [-0.4, -0.2) is 106 Å². The van der Waals surface area contributed by atoms with Crippen molar-refractivity contribution in [3.05, 3.63) is 87.7 Å². The second-order valence-corrected chi connectivity index (χ2v) is 22.5. The number of ether oxygens (including phenoxy) is 3. The molecule has 0 fully saturated rings. The van der Waals surface area contributed by atoms with E-state index in [4.69, 9.17) is 19.2 Å². The lowest BCUT2D eigenvalue weighted by molar-refractivity contribution is -0.142. The Bertz CT molecular complexity index is 2550. The van der Waals surface area contributed by atoms with Crippen molar-refractivity contribution < 1.29 is 43.0 Å². The summed E-state index contributed by atoms with van der Waals surface area (Å²) in [6.07, 6.45) is 3.26. The van der Waals surface area contributed by atoms with Gasteiger partial charge in [-0.3, -0.25) is 19.0 Å². The van der Waals surface area contributed by atoms with Crippen LogP contribution in [0, 0.1) is 6.92 Å². The van der Waals surface area contributed by atoms with E-state index in [-0.39, 0.29) is 45.4 Å². The van der Waals surface area contributed by atoms with Crippen LogP contribution in [0.2, 0.25) is 0 Å². The number of aromatic nitrogens is 2. The van der Waals surface area contributed by atoms with Crippen LogP contribution in [0.25, 0.3) is 10.9 Å². The number of unbranched alkanes of at least 4 members (excludes halogenated alkanes) is 1. The van der Waals surface area contributed by atoms with Crippen LogP contribution in [0.4, 0.5) is 14.4 Å². The minimum absolute atomic E-state index is 0.00637. The Morgan fingerprint density at radius 3 is 2.08 bits per heavy atom. The number of nitrogens with zero attached hydrogens (tertiary/aromatic N) is 3. The van der Waals surface area contributed by atoms with Crippen LogP contribution >= 0.6 is 27.7 Å². The van der Waals surface area contributed by atoms with E-state index in [0.29, 0.717) is 40.8 Å². The molecule has 3 heterocycles. The van der Waals surface area contributed by atoms with Gasteiger partial charge in [0.1, 0.15) is 33.9 Å². The summed E-state index contributed by atoms with van der Waals surface area (Å²) in [6, 6.07) is 11.9. The highest BCUT2D eigenvalue weighted by atomic mass is 79.9. The SMILES string of the molecule is Cc1ccc(Br)c2c1Sc1ncccc1CN[C@@H](CCCNC(=O)OC(C)(C)C)C(=O)N[C@@H](CCCCNC(=O)OC(C)(C)C)C(=O)N(C)[C@@H](Cc1cn(C(=O)OC(C)(C)C)c3ccccc13)C(=O)NC2. The molecule has 0 saturated carbocycles. The summed E-state index contributed by atoms with van der Waals surface area (Å²) in [5, 5.41) is 16.5. The van der Waals surface area contributed by atoms with E-state index in [1.165, 1.54) is 21.2 Å². The van der Waals surface area contributed by atoms with E-state index < -0.39 is 70.9 Å². The second kappa shape index (κ2) is 24.6. The lowest BCUT2D eigenvalue weighted by atomic mass is 10.0. The van der Waals surface area contributed by atoms with Gasteiger partial charge in [0.05, 0.1) is 11.6 Å². The number of rotatable bonds is 11. The highest BCUT2D eigenvalue weighted by Crippen LogP contribution is 2.37. The number of carbonyl (C=O) groups is 6. The van der Waals surface area contributed by atoms with Gasteiger partial charge in [-0.2, -0.15) is 0 Å². The van der Waals surface area contributed by atoms with Crippen LogP contribution in [0.5, 0.6) is 0 Å². The second-order valence-electron chi connectivity index (χ2n) is 20.6. The number of benzene rings is 2. The Hall–Kier alpha value is -5.66. The molecule has 0 aliphatic carbocycles. The Kier molecular flexibility index (Phi) is 19.5. The number of pyridine rings is 1. The van der Waals surface area contributed by atoms with E-state index in [2.05, 4.69) is 42.5 Å². The van der Waals surface area contributed by atoms with Crippen LogP contribution in [-0.2, 0) is 48.1 Å². The van der Waals surface area contributed by atoms with Crippen molar-refractivity contribution in [2.45, 2.75) is 166 Å². The molecular formula is C52H71BrN8O9S. The summed E-state index contributed by atoms with van der Waals surface area (Å²) in [7, 11) is 1.54. The first-order valence-electron chi connectivity index (χ1n) is 24.0. The van der Waals surface area contributed by atoms with Crippen molar-refractivity contribution in [1.82, 2.24) is 41.0 Å². The summed E-state index contributed by atoms with van der Waals surface area (Å²) in [4.78, 5) is 90.3. The van der Waals surface area contributed by atoms with E-state index >= 15 is 4.79 Å². The van der Waals surface area contributed by atoms with Gasteiger partial charge in [0.25, 0.3) is 0 Å². The number of hydrogen-bond acceptors (Lipinski definition) is 12. The van der Waals surface area contributed by atoms with E-state index in [9.17, 15) is 24.0 Å². The van der Waals surface area contributed by atoms with Gasteiger partial charge in [0.2, 0.25) is 17.7 Å². The Balaban J connectivity index is 1.56. The zero-order chi connectivity index (χ0) is 52.3. The number of hydrogen-bond donors (Lipinski definition) is 5. The Morgan fingerprint density at radius 2 is 1.42 bits per heavy atom. The molecule has 1 aliphatic heterocycles. The van der Waals surface area contributed by atoms with Crippen molar-refractivity contribution in [3.8, 4) is 0 Å². The number of alkyl carbamates (subject to hydrolysis) is 2. The molecular weight excluding hydrogens is 993 g/mol. The molecule has 386 valence electrons. The van der Waals surface area contributed by atoms with E-state index in [0.717, 1.165) is 26.1 Å². The quantitative estimate of drug-likeness (QED) is 0.0706. The maximum absolute atomic E-state index is 15.1. The van der Waals surface area contributed by atoms with Crippen molar-refractivity contribution >= 4 is 74.6 Å². The van der Waals surface area contributed by atoms with Crippen molar-refractivity contribution in [3.63, 3.8) is 0 Å². The fourth-order valence-corrected chi connectivity index (χ4v) is 9.55. The largest absolute Gasteiger partial charge is 0.444 e. The number of amides is 5. The molecule has 71 heavy (non-hydrogen) atoms. The minimum Gasteiger partial charge on any atom is -0.444 e. The van der Waals surface area contributed by atoms with Gasteiger partial charge >= 0.3 is 18.3 Å². The third-order valence-electron chi connectivity index (χ3n) is 11.2. The maximum atomic E-state index is 15.1. The summed E-state index contributed by atoms with van der Waals surface area (Å²) in [5.41, 5.74) is 1.59. The molecule has 3 atom stereocenters. The van der Waals surface area contributed by atoms with Crippen LogP contribution in [0.15, 0.2) is 75.3 Å². The molecule has 2 aromatic carbocycles. The molecule has 0 bridgehead atoms. The molecule has 1 aliphatic rings. The number of nitrogens with one attached hydrogen (secondary N) is 5. The third kappa shape index (κ3) is 17.0. The first kappa shape index (κ1) is 56.3. The lowest BCUT2D eigenvalue weighted by Gasteiger charge is -2.32. The van der Waals surface area contributed by atoms with Crippen molar-refractivity contribution in [1.29, 1.82) is 0 Å². The number of carbonyl (C=O) groups excluding carboxylic acids is 6. The highest BCUT2D eigenvalue weighted by molar-refractivity contribution is 9.10. The van der Waals surface area contributed by atoms with Crippen molar-refractivity contribution in [2.24, 2.45) is 0 Å². The molecule has 5 amide bonds. The smallest absolute Gasteiger partial charge is 0.419 e. The molecule has 5 rings (SSSR count). The Morgan fingerprint density at radius 1 is 0.789 bits per heavy atom. The standard InChI is InChI=1S/C52H71BrN8O9S/c1-32-23-24-37(53)36-30-58-44(63)41(28-34-31-61(49(67)70-52(8,9)10)40-22-13-12-19-35(34)40)60(11)46(64)39(20-14-15-25-55-47(65)68-50(2,3)4)59-43(62)38(21-17-27-56-48(66)69-51(5,6)7)57-29-33-18-16-26-54-45(33)71-42(32)36/h12-13,16,18-19,22-24,26,31,38-39,41,57H,14-15,17,20-21,25,27-30H2,1-11H3,(H,55,65)(H,56,66)(H,58,63)(H,59,62)/t38-,39-,41-/m0/s1. The van der Waals surface area contributed by atoms with Gasteiger partial charge in [-0.05, 0) is 142 Å². The van der Waals surface area contributed by atoms with E-state index in [1.54, 1.807) is 87.8 Å². The van der Waals surface area contributed by atoms with Gasteiger partial charge in [-0.15, -0.1) is 0 Å². The fraction of sp³-hybridized carbons (Fsp3) is 0.519. The number of para-hydroxylation sites is 1. The monoisotopic (exact) mass is 1060 g/mol. The number of fused-ring (bicyclic) bond motifs is 3. The molecule has 0 unspecified atom stereocenters. The lowest BCUT2D eigenvalue weighted by Crippen LogP contribution is -2.57. The van der Waals surface area contributed by atoms with Gasteiger partial charge < -0.3 is 45.7 Å². The highest BCUT2D eigenvalue weighted by Gasteiger charge is 2.35. The topological polar surface area (TPSA) is 211 Å². The summed E-state index contributed by atoms with van der Waals surface area (Å²) < 4.78 is 18.8. The van der Waals surface area contributed by atoms with Crippen LogP contribution < -0.4 is 26.6 Å². The summed E-state index contributed by atoms with van der Waals surface area (Å²) in [6.45, 7) is 18.8. The number of likely N-dealkylation sites (N-methyl/N-ethyl adjacent to an activating group) is 1. The molecule has 4 aromatic rings. The third-order valence-corrected chi connectivity index (χ3v) is 13.3. The summed E-state index contributed by atoms with van der Waals surface area (Å²) >= 11 is 5.19. The molecule has 2 aromatic heterocycles. The first-order chi connectivity index (χ1) is 33.3. The molecule has 0 spiro atoms. The predicted molar refractivity (Wildman–Crippen MR) is 277 cm³/mol. The number of aryl methyl sites for hydroxylation is 1. The van der Waals surface area contributed by atoms with Gasteiger partial charge in [0.15, 0.2) is 0 Å². The fourth-order valence-electron chi connectivity index (χ4n) is 7.83.